The van der Waals surface area contributed by atoms with Gasteiger partial charge in [0.15, 0.2) is 0 Å². The van der Waals surface area contributed by atoms with Crippen molar-refractivity contribution in [2.45, 2.75) is 31.7 Å². The van der Waals surface area contributed by atoms with E-state index in [1.165, 1.54) is 55.2 Å². The SMILES string of the molecule is c1ccc2c(c1)CCN2C1CCN(CCc2nccs2)CC1. The minimum absolute atomic E-state index is 0.736. The largest absolute Gasteiger partial charge is 0.368 e. The van der Waals surface area contributed by atoms with Crippen LogP contribution in [0.25, 0.3) is 0 Å². The fraction of sp³-hybridized carbons (Fsp3) is 0.500. The van der Waals surface area contributed by atoms with Gasteiger partial charge < -0.3 is 9.80 Å². The molecule has 22 heavy (non-hydrogen) atoms. The molecule has 3 nitrogen and oxygen atoms in total. The summed E-state index contributed by atoms with van der Waals surface area (Å²) in [7, 11) is 0. The first-order valence-corrected chi connectivity index (χ1v) is 9.23. The molecule has 2 aromatic rings. The van der Waals surface area contributed by atoms with Crippen LogP contribution in [0.4, 0.5) is 5.69 Å². The average Bonchev–Trinajstić information content (AvgIpc) is 3.23. The molecule has 4 heteroatoms. The monoisotopic (exact) mass is 313 g/mol. The first-order chi connectivity index (χ1) is 10.9. The molecular formula is C18H23N3S. The van der Waals surface area contributed by atoms with Crippen LogP contribution in [-0.2, 0) is 12.8 Å². The molecule has 0 saturated carbocycles. The van der Waals surface area contributed by atoms with Crippen LogP contribution in [0.5, 0.6) is 0 Å². The maximum Gasteiger partial charge on any atom is 0.0937 e. The fourth-order valence-corrected chi connectivity index (χ4v) is 4.44. The number of hydrogen-bond donors (Lipinski definition) is 0. The van der Waals surface area contributed by atoms with Crippen LogP contribution in [0.1, 0.15) is 23.4 Å². The maximum absolute atomic E-state index is 4.39. The zero-order valence-electron chi connectivity index (χ0n) is 12.9. The van der Waals surface area contributed by atoms with Gasteiger partial charge in [-0.15, -0.1) is 11.3 Å². The van der Waals surface area contributed by atoms with Gasteiger partial charge in [-0.1, -0.05) is 18.2 Å². The van der Waals surface area contributed by atoms with Crippen molar-refractivity contribution < 1.29 is 0 Å². The standard InChI is InChI=1S/C18H23N3S/c1-2-4-17-15(3-1)5-13-21(17)16-6-10-20(11-7-16)12-8-18-19-9-14-22-18/h1-4,9,14,16H,5-8,10-13H2. The molecule has 0 N–H and O–H groups in total. The lowest BCUT2D eigenvalue weighted by molar-refractivity contribution is 0.212. The second-order valence-electron chi connectivity index (χ2n) is 6.32. The lowest BCUT2D eigenvalue weighted by atomic mass is 10.0. The van der Waals surface area contributed by atoms with E-state index in [1.54, 1.807) is 11.3 Å². The molecule has 1 aromatic carbocycles. The van der Waals surface area contributed by atoms with Crippen molar-refractivity contribution in [2.75, 3.05) is 31.1 Å². The smallest absolute Gasteiger partial charge is 0.0937 e. The van der Waals surface area contributed by atoms with Gasteiger partial charge in [0.1, 0.15) is 0 Å². The van der Waals surface area contributed by atoms with Crippen LogP contribution in [0, 0.1) is 0 Å². The highest BCUT2D eigenvalue weighted by Gasteiger charge is 2.28. The summed E-state index contributed by atoms with van der Waals surface area (Å²) in [6.45, 7) is 4.84. The summed E-state index contributed by atoms with van der Waals surface area (Å²) >= 11 is 1.78. The van der Waals surface area contributed by atoms with Gasteiger partial charge in [0.05, 0.1) is 5.01 Å². The Morgan fingerprint density at radius 3 is 2.82 bits per heavy atom. The van der Waals surface area contributed by atoms with Gasteiger partial charge in [-0.3, -0.25) is 0 Å². The molecule has 0 unspecified atom stereocenters. The molecule has 116 valence electrons. The Morgan fingerprint density at radius 1 is 1.14 bits per heavy atom. The molecule has 3 heterocycles. The molecule has 0 bridgehead atoms. The van der Waals surface area contributed by atoms with Gasteiger partial charge >= 0.3 is 0 Å². The Bertz CT molecular complexity index is 603. The van der Waals surface area contributed by atoms with E-state index in [0.717, 1.165) is 19.0 Å². The van der Waals surface area contributed by atoms with Gasteiger partial charge in [0.25, 0.3) is 0 Å². The summed E-state index contributed by atoms with van der Waals surface area (Å²) < 4.78 is 0. The number of aromatic nitrogens is 1. The van der Waals surface area contributed by atoms with Crippen LogP contribution >= 0.6 is 11.3 Å². The summed E-state index contributed by atoms with van der Waals surface area (Å²) in [6, 6.07) is 9.68. The van der Waals surface area contributed by atoms with E-state index < -0.39 is 0 Å². The van der Waals surface area contributed by atoms with Crippen LogP contribution in [0.2, 0.25) is 0 Å². The molecule has 1 aromatic heterocycles. The normalized spacial score (nSPS) is 19.5. The number of likely N-dealkylation sites (tertiary alicyclic amines) is 1. The van der Waals surface area contributed by atoms with Crippen molar-refractivity contribution in [3.05, 3.63) is 46.4 Å². The summed E-state index contributed by atoms with van der Waals surface area (Å²) in [5.74, 6) is 0. The van der Waals surface area contributed by atoms with Gasteiger partial charge in [0.2, 0.25) is 0 Å². The number of nitrogens with zero attached hydrogens (tertiary/aromatic N) is 3. The summed E-state index contributed by atoms with van der Waals surface area (Å²) in [5.41, 5.74) is 3.03. The topological polar surface area (TPSA) is 19.4 Å². The third-order valence-electron chi connectivity index (χ3n) is 5.05. The van der Waals surface area contributed by atoms with Crippen molar-refractivity contribution in [2.24, 2.45) is 0 Å². The number of rotatable bonds is 4. The van der Waals surface area contributed by atoms with Crippen LogP contribution in [0.3, 0.4) is 0 Å². The average molecular weight is 313 g/mol. The quantitative estimate of drug-likeness (QED) is 0.864. The zero-order chi connectivity index (χ0) is 14.8. The predicted molar refractivity (Wildman–Crippen MR) is 92.8 cm³/mol. The van der Waals surface area contributed by atoms with Crippen molar-refractivity contribution in [1.29, 1.82) is 0 Å². The number of fused-ring (bicyclic) bond motifs is 1. The van der Waals surface area contributed by atoms with E-state index in [0.29, 0.717) is 0 Å². The zero-order valence-corrected chi connectivity index (χ0v) is 13.8. The molecule has 1 fully saturated rings. The van der Waals surface area contributed by atoms with Gasteiger partial charge in [-0.2, -0.15) is 0 Å². The molecule has 0 amide bonds. The van der Waals surface area contributed by atoms with Crippen LogP contribution in [-0.4, -0.2) is 42.1 Å². The highest BCUT2D eigenvalue weighted by atomic mass is 32.1. The number of hydrogen-bond acceptors (Lipinski definition) is 4. The molecule has 4 rings (SSSR count). The highest BCUT2D eigenvalue weighted by Crippen LogP contribution is 2.32. The lowest BCUT2D eigenvalue weighted by Gasteiger charge is -2.38. The van der Waals surface area contributed by atoms with Crippen molar-refractivity contribution in [1.82, 2.24) is 9.88 Å². The van der Waals surface area contributed by atoms with E-state index >= 15 is 0 Å². The highest BCUT2D eigenvalue weighted by molar-refractivity contribution is 7.09. The molecular weight excluding hydrogens is 290 g/mol. The maximum atomic E-state index is 4.39. The van der Waals surface area contributed by atoms with E-state index in [4.69, 9.17) is 0 Å². The first-order valence-electron chi connectivity index (χ1n) is 8.35. The molecule has 0 atom stereocenters. The second-order valence-corrected chi connectivity index (χ2v) is 7.30. The number of piperidine rings is 1. The van der Waals surface area contributed by atoms with Crippen LogP contribution in [0.15, 0.2) is 35.8 Å². The first kappa shape index (κ1) is 14.2. The number of benzene rings is 1. The third-order valence-corrected chi connectivity index (χ3v) is 5.89. The van der Waals surface area contributed by atoms with Crippen molar-refractivity contribution in [3.63, 3.8) is 0 Å². The Morgan fingerprint density at radius 2 is 2.00 bits per heavy atom. The number of para-hydroxylation sites is 1. The third kappa shape index (κ3) is 2.90. The predicted octanol–water partition coefficient (Wildman–Crippen LogP) is 3.21. The lowest BCUT2D eigenvalue weighted by Crippen LogP contribution is -2.44. The van der Waals surface area contributed by atoms with Crippen molar-refractivity contribution >= 4 is 17.0 Å². The Hall–Kier alpha value is -1.39. The summed E-state index contributed by atoms with van der Waals surface area (Å²) in [4.78, 5) is 9.66. The minimum atomic E-state index is 0.736. The van der Waals surface area contributed by atoms with Gasteiger partial charge in [0, 0.05) is 55.9 Å². The van der Waals surface area contributed by atoms with E-state index in [9.17, 15) is 0 Å². The Kier molecular flexibility index (Phi) is 4.13. The summed E-state index contributed by atoms with van der Waals surface area (Å²) in [5, 5.41) is 3.35. The second kappa shape index (κ2) is 6.39. The minimum Gasteiger partial charge on any atom is -0.368 e. The Balaban J connectivity index is 1.31. The van der Waals surface area contributed by atoms with E-state index in [1.807, 2.05) is 6.20 Å². The number of thiazole rings is 1. The summed E-state index contributed by atoms with van der Waals surface area (Å²) in [6.07, 6.45) is 6.84. The Labute approximate surface area is 136 Å². The van der Waals surface area contributed by atoms with Gasteiger partial charge in [-0.05, 0) is 30.9 Å². The van der Waals surface area contributed by atoms with Gasteiger partial charge in [-0.25, -0.2) is 4.98 Å². The molecule has 2 aliphatic heterocycles. The number of anilines is 1. The van der Waals surface area contributed by atoms with Crippen LogP contribution < -0.4 is 4.90 Å². The molecule has 0 spiro atoms. The van der Waals surface area contributed by atoms with E-state index in [-0.39, 0.29) is 0 Å². The fourth-order valence-electron chi connectivity index (χ4n) is 3.83. The van der Waals surface area contributed by atoms with Crippen molar-refractivity contribution in [3.8, 4) is 0 Å². The molecule has 0 radical (unpaired) electrons. The molecule has 2 aliphatic rings. The molecule has 1 saturated heterocycles. The van der Waals surface area contributed by atoms with E-state index in [2.05, 4.69) is 44.4 Å². The molecule has 0 aliphatic carbocycles.